The maximum atomic E-state index is 11.0. The van der Waals surface area contributed by atoms with Crippen LogP contribution in [0.3, 0.4) is 0 Å². The molecule has 0 fully saturated rings. The predicted octanol–water partition coefficient (Wildman–Crippen LogP) is 3.47. The lowest BCUT2D eigenvalue weighted by molar-refractivity contribution is 0.0696. The van der Waals surface area contributed by atoms with Gasteiger partial charge in [-0.15, -0.1) is 0 Å². The molecule has 3 rings (SSSR count). The van der Waals surface area contributed by atoms with Crippen molar-refractivity contribution in [2.45, 2.75) is 6.61 Å². The highest BCUT2D eigenvalue weighted by atomic mass is 35.5. The lowest BCUT2D eigenvalue weighted by atomic mass is 10.1. The number of halogens is 1. The molecule has 0 amide bonds. The van der Waals surface area contributed by atoms with E-state index in [0.29, 0.717) is 22.2 Å². The first kappa shape index (κ1) is 15.9. The number of aromatic nitrogens is 3. The Morgan fingerprint density at radius 3 is 2.71 bits per heavy atom. The number of carboxylic acid groups (broad SMARTS) is 1. The van der Waals surface area contributed by atoms with Crippen LogP contribution in [0, 0.1) is 0 Å². The smallest absolute Gasteiger partial charge is 0.335 e. The molecule has 7 heteroatoms. The van der Waals surface area contributed by atoms with Gasteiger partial charge in [0.05, 0.1) is 11.8 Å². The van der Waals surface area contributed by atoms with Gasteiger partial charge in [0.2, 0.25) is 0 Å². The average molecular weight is 342 g/mol. The van der Waals surface area contributed by atoms with Crippen molar-refractivity contribution in [1.29, 1.82) is 0 Å². The molecule has 6 nitrogen and oxygen atoms in total. The molecule has 0 saturated carbocycles. The Balaban J connectivity index is 1.78. The van der Waals surface area contributed by atoms with E-state index in [1.54, 1.807) is 36.9 Å². The van der Waals surface area contributed by atoms with Crippen molar-refractivity contribution in [3.05, 3.63) is 71.3 Å². The summed E-state index contributed by atoms with van der Waals surface area (Å²) >= 11 is 6.09. The lowest BCUT2D eigenvalue weighted by Gasteiger charge is -2.09. The maximum absolute atomic E-state index is 11.0. The van der Waals surface area contributed by atoms with Gasteiger partial charge in [-0.1, -0.05) is 11.6 Å². The van der Waals surface area contributed by atoms with Gasteiger partial charge >= 0.3 is 5.97 Å². The number of benzene rings is 1. The normalized spacial score (nSPS) is 10.4. The summed E-state index contributed by atoms with van der Waals surface area (Å²) in [5, 5.41) is 9.48. The average Bonchev–Trinajstić information content (AvgIpc) is 2.62. The quantitative estimate of drug-likeness (QED) is 0.764. The van der Waals surface area contributed by atoms with Crippen LogP contribution in [0.15, 0.2) is 55.1 Å². The van der Waals surface area contributed by atoms with E-state index in [9.17, 15) is 4.79 Å². The molecule has 0 aliphatic rings. The lowest BCUT2D eigenvalue weighted by Crippen LogP contribution is -2.01. The van der Waals surface area contributed by atoms with Crippen LogP contribution in [0.1, 0.15) is 15.9 Å². The van der Waals surface area contributed by atoms with Crippen LogP contribution in [-0.4, -0.2) is 26.0 Å². The highest BCUT2D eigenvalue weighted by Crippen LogP contribution is 2.22. The van der Waals surface area contributed by atoms with Crippen LogP contribution >= 0.6 is 11.6 Å². The molecule has 0 radical (unpaired) electrons. The molecule has 2 aromatic heterocycles. The molecule has 0 unspecified atom stereocenters. The first-order valence-corrected chi connectivity index (χ1v) is 7.38. The van der Waals surface area contributed by atoms with Crippen LogP contribution in [0.5, 0.6) is 5.75 Å². The molecule has 0 bridgehead atoms. The SMILES string of the molecule is O=C(O)c1ccc(Cl)c(COc2cncc(-c3ncccn3)c2)c1. The first-order chi connectivity index (χ1) is 11.6. The molecule has 0 atom stereocenters. The van der Waals surface area contributed by atoms with Crippen molar-refractivity contribution < 1.29 is 14.6 Å². The fourth-order valence-corrected chi connectivity index (χ4v) is 2.22. The summed E-state index contributed by atoms with van der Waals surface area (Å²) in [7, 11) is 0. The monoisotopic (exact) mass is 341 g/mol. The number of pyridine rings is 1. The topological polar surface area (TPSA) is 85.2 Å². The summed E-state index contributed by atoms with van der Waals surface area (Å²) in [6.07, 6.45) is 6.49. The third-order valence-corrected chi connectivity index (χ3v) is 3.59. The second kappa shape index (κ2) is 7.06. The molecule has 0 aliphatic carbocycles. The Morgan fingerprint density at radius 2 is 1.96 bits per heavy atom. The zero-order valence-corrected chi connectivity index (χ0v) is 13.1. The van der Waals surface area contributed by atoms with Gasteiger partial charge in [-0.2, -0.15) is 0 Å². The molecule has 2 heterocycles. The second-order valence-electron chi connectivity index (χ2n) is 4.88. The Labute approximate surface area is 142 Å². The highest BCUT2D eigenvalue weighted by Gasteiger charge is 2.09. The van der Waals surface area contributed by atoms with E-state index >= 15 is 0 Å². The van der Waals surface area contributed by atoms with Crippen molar-refractivity contribution in [3.63, 3.8) is 0 Å². The molecule has 24 heavy (non-hydrogen) atoms. The van der Waals surface area contributed by atoms with E-state index in [-0.39, 0.29) is 12.2 Å². The molecule has 0 saturated heterocycles. The molecule has 1 aromatic carbocycles. The summed E-state index contributed by atoms with van der Waals surface area (Å²) < 4.78 is 5.67. The Hall–Kier alpha value is -2.99. The molecular weight excluding hydrogens is 330 g/mol. The van der Waals surface area contributed by atoms with E-state index in [4.69, 9.17) is 21.4 Å². The highest BCUT2D eigenvalue weighted by molar-refractivity contribution is 6.31. The minimum Gasteiger partial charge on any atom is -0.487 e. The fraction of sp³-hybridized carbons (Fsp3) is 0.0588. The number of hydrogen-bond acceptors (Lipinski definition) is 5. The van der Waals surface area contributed by atoms with E-state index < -0.39 is 5.97 Å². The van der Waals surface area contributed by atoms with Crippen LogP contribution in [0.2, 0.25) is 5.02 Å². The van der Waals surface area contributed by atoms with Crippen LogP contribution in [0.4, 0.5) is 0 Å². The van der Waals surface area contributed by atoms with Crippen LogP contribution in [0.25, 0.3) is 11.4 Å². The summed E-state index contributed by atoms with van der Waals surface area (Å²) in [6.45, 7) is 0.126. The molecule has 120 valence electrons. The number of hydrogen-bond donors (Lipinski definition) is 1. The van der Waals surface area contributed by atoms with E-state index in [1.807, 2.05) is 0 Å². The third-order valence-electron chi connectivity index (χ3n) is 3.22. The van der Waals surface area contributed by atoms with Gasteiger partial charge in [0.1, 0.15) is 12.4 Å². The Bertz CT molecular complexity index is 872. The van der Waals surface area contributed by atoms with E-state index in [0.717, 1.165) is 5.56 Å². The minimum atomic E-state index is -1.02. The Kier molecular flexibility index (Phi) is 4.67. The summed E-state index contributed by atoms with van der Waals surface area (Å²) in [5.74, 6) is 0.0379. The van der Waals surface area contributed by atoms with Crippen molar-refractivity contribution in [3.8, 4) is 17.1 Å². The largest absolute Gasteiger partial charge is 0.487 e. The zero-order valence-electron chi connectivity index (χ0n) is 12.4. The number of ether oxygens (including phenoxy) is 1. The number of nitrogens with zero attached hydrogens (tertiary/aromatic N) is 3. The van der Waals surface area contributed by atoms with Gasteiger partial charge < -0.3 is 9.84 Å². The molecule has 1 N–H and O–H groups in total. The fourth-order valence-electron chi connectivity index (χ4n) is 2.05. The zero-order chi connectivity index (χ0) is 16.9. The van der Waals surface area contributed by atoms with Gasteiger partial charge in [-0.3, -0.25) is 4.98 Å². The van der Waals surface area contributed by atoms with Crippen molar-refractivity contribution in [2.75, 3.05) is 0 Å². The third kappa shape index (κ3) is 3.67. The van der Waals surface area contributed by atoms with Crippen molar-refractivity contribution in [1.82, 2.24) is 15.0 Å². The standard InChI is InChI=1S/C17H12ClN3O3/c18-15-3-2-11(17(22)23)6-13(15)10-24-14-7-12(8-19-9-14)16-20-4-1-5-21-16/h1-9H,10H2,(H,22,23). The molecule has 0 spiro atoms. The minimum absolute atomic E-state index is 0.126. The van der Waals surface area contributed by atoms with Gasteiger partial charge in [0, 0.05) is 34.7 Å². The summed E-state index contributed by atoms with van der Waals surface area (Å²) in [4.78, 5) is 23.5. The summed E-state index contributed by atoms with van der Waals surface area (Å²) in [5.41, 5.74) is 1.46. The maximum Gasteiger partial charge on any atom is 0.335 e. The number of aromatic carboxylic acids is 1. The van der Waals surface area contributed by atoms with Crippen LogP contribution in [-0.2, 0) is 6.61 Å². The second-order valence-corrected chi connectivity index (χ2v) is 5.29. The van der Waals surface area contributed by atoms with E-state index in [2.05, 4.69) is 15.0 Å². The number of carboxylic acids is 1. The van der Waals surface area contributed by atoms with Gasteiger partial charge in [0.15, 0.2) is 5.82 Å². The van der Waals surface area contributed by atoms with Gasteiger partial charge in [0.25, 0.3) is 0 Å². The summed E-state index contributed by atoms with van der Waals surface area (Å²) in [6, 6.07) is 7.97. The Morgan fingerprint density at radius 1 is 1.17 bits per heavy atom. The van der Waals surface area contributed by atoms with Crippen molar-refractivity contribution in [2.24, 2.45) is 0 Å². The molecule has 3 aromatic rings. The first-order valence-electron chi connectivity index (χ1n) is 7.00. The van der Waals surface area contributed by atoms with Gasteiger partial charge in [-0.05, 0) is 30.3 Å². The number of rotatable bonds is 5. The molecular formula is C17H12ClN3O3. The van der Waals surface area contributed by atoms with Crippen LogP contribution < -0.4 is 4.74 Å². The van der Waals surface area contributed by atoms with E-state index in [1.165, 1.54) is 18.2 Å². The van der Waals surface area contributed by atoms with Gasteiger partial charge in [-0.25, -0.2) is 14.8 Å². The predicted molar refractivity (Wildman–Crippen MR) is 88.0 cm³/mol. The van der Waals surface area contributed by atoms with Crippen molar-refractivity contribution >= 4 is 17.6 Å². The number of carbonyl (C=O) groups is 1. The molecule has 0 aliphatic heterocycles.